The van der Waals surface area contributed by atoms with Crippen LogP contribution in [0.15, 0.2) is 22.8 Å². The van der Waals surface area contributed by atoms with Crippen LogP contribution in [0.1, 0.15) is 6.92 Å². The van der Waals surface area contributed by atoms with Gasteiger partial charge in [-0.05, 0) is 35.0 Å². The summed E-state index contributed by atoms with van der Waals surface area (Å²) in [7, 11) is 0. The molecule has 1 aromatic heterocycles. The normalized spacial score (nSPS) is 9.64. The quantitative estimate of drug-likeness (QED) is 0.718. The van der Waals surface area contributed by atoms with Crippen LogP contribution in [0.3, 0.4) is 0 Å². The summed E-state index contributed by atoms with van der Waals surface area (Å²) < 4.78 is 2.55. The zero-order chi connectivity index (χ0) is 8.27. The number of nitrogens with zero attached hydrogens (tertiary/aromatic N) is 1. The molecule has 1 heterocycles. The standard InChI is InChI=1S/C7H10BrN3/c1-2-10-11-6(8)4-3-5-7(11)9/h3-5,9-10H,2H2,1H3. The summed E-state index contributed by atoms with van der Waals surface area (Å²) >= 11 is 3.33. The lowest BCUT2D eigenvalue weighted by Gasteiger charge is -2.09. The van der Waals surface area contributed by atoms with Gasteiger partial charge in [0.15, 0.2) is 0 Å². The molecule has 0 aromatic carbocycles. The average Bonchev–Trinajstić information content (AvgIpc) is 1.97. The maximum Gasteiger partial charge on any atom is 0.144 e. The number of hydrogen-bond donors (Lipinski definition) is 2. The summed E-state index contributed by atoms with van der Waals surface area (Å²) in [6.45, 7) is 2.80. The fraction of sp³-hybridized carbons (Fsp3) is 0.286. The van der Waals surface area contributed by atoms with Crippen molar-refractivity contribution in [3.8, 4) is 0 Å². The van der Waals surface area contributed by atoms with Gasteiger partial charge in [0, 0.05) is 6.54 Å². The minimum Gasteiger partial charge on any atom is -0.324 e. The summed E-state index contributed by atoms with van der Waals surface area (Å²) in [5.74, 6) is 0. The van der Waals surface area contributed by atoms with Crippen molar-refractivity contribution in [3.63, 3.8) is 0 Å². The molecule has 1 aromatic rings. The molecule has 0 saturated heterocycles. The Morgan fingerprint density at radius 1 is 1.64 bits per heavy atom. The van der Waals surface area contributed by atoms with E-state index >= 15 is 0 Å². The molecule has 0 aliphatic rings. The largest absolute Gasteiger partial charge is 0.324 e. The molecule has 1 rings (SSSR count). The molecule has 0 unspecified atom stereocenters. The number of pyridine rings is 1. The minimum absolute atomic E-state index is 0.446. The molecule has 0 amide bonds. The van der Waals surface area contributed by atoms with Crippen LogP contribution in [0.4, 0.5) is 0 Å². The van der Waals surface area contributed by atoms with Gasteiger partial charge in [-0.25, -0.2) is 4.68 Å². The zero-order valence-electron chi connectivity index (χ0n) is 6.26. The molecule has 0 bridgehead atoms. The second-order valence-corrected chi connectivity index (χ2v) is 2.89. The number of nitrogens with one attached hydrogen (secondary N) is 2. The first-order chi connectivity index (χ1) is 5.25. The number of halogens is 1. The van der Waals surface area contributed by atoms with Crippen LogP contribution in [-0.2, 0) is 0 Å². The average molecular weight is 216 g/mol. The van der Waals surface area contributed by atoms with E-state index in [0.29, 0.717) is 5.49 Å². The predicted molar refractivity (Wildman–Crippen MR) is 47.9 cm³/mol. The lowest BCUT2D eigenvalue weighted by atomic mass is 10.5. The highest BCUT2D eigenvalue weighted by atomic mass is 79.9. The lowest BCUT2D eigenvalue weighted by Crippen LogP contribution is -2.28. The number of aromatic nitrogens is 1. The Labute approximate surface area is 73.7 Å². The SMILES string of the molecule is CCNn1c(Br)cccc1=N. The Balaban J connectivity index is 3.10. The van der Waals surface area contributed by atoms with Crippen molar-refractivity contribution < 1.29 is 0 Å². The van der Waals surface area contributed by atoms with Crippen LogP contribution >= 0.6 is 15.9 Å². The van der Waals surface area contributed by atoms with E-state index in [1.54, 1.807) is 10.7 Å². The molecule has 0 atom stereocenters. The Kier molecular flexibility index (Phi) is 2.70. The highest BCUT2D eigenvalue weighted by Crippen LogP contribution is 2.02. The molecular weight excluding hydrogens is 206 g/mol. The van der Waals surface area contributed by atoms with Crippen molar-refractivity contribution >= 4 is 15.9 Å². The zero-order valence-corrected chi connectivity index (χ0v) is 7.85. The Hall–Kier alpha value is -0.770. The van der Waals surface area contributed by atoms with Crippen molar-refractivity contribution in [2.75, 3.05) is 12.0 Å². The van der Waals surface area contributed by atoms with Crippen molar-refractivity contribution in [1.82, 2.24) is 4.68 Å². The fourth-order valence-corrected chi connectivity index (χ4v) is 1.27. The van der Waals surface area contributed by atoms with E-state index in [9.17, 15) is 0 Å². The van der Waals surface area contributed by atoms with Crippen molar-refractivity contribution in [1.29, 1.82) is 5.41 Å². The van der Waals surface area contributed by atoms with Gasteiger partial charge in [0.2, 0.25) is 0 Å². The fourth-order valence-electron chi connectivity index (χ4n) is 0.802. The van der Waals surface area contributed by atoms with Crippen molar-refractivity contribution in [2.45, 2.75) is 6.92 Å². The summed E-state index contributed by atoms with van der Waals surface area (Å²) in [5, 5.41) is 7.49. The summed E-state index contributed by atoms with van der Waals surface area (Å²) in [6.07, 6.45) is 0. The van der Waals surface area contributed by atoms with Crippen LogP contribution in [0.25, 0.3) is 0 Å². The Bertz CT molecular complexity index is 292. The van der Waals surface area contributed by atoms with E-state index in [0.717, 1.165) is 11.1 Å². The van der Waals surface area contributed by atoms with E-state index in [1.807, 2.05) is 19.1 Å². The number of hydrogen-bond acceptors (Lipinski definition) is 2. The molecule has 0 spiro atoms. The highest BCUT2D eigenvalue weighted by molar-refractivity contribution is 9.10. The monoisotopic (exact) mass is 215 g/mol. The van der Waals surface area contributed by atoms with Crippen molar-refractivity contribution in [3.05, 3.63) is 28.3 Å². The molecule has 11 heavy (non-hydrogen) atoms. The molecule has 0 aliphatic heterocycles. The van der Waals surface area contributed by atoms with Gasteiger partial charge in [0.1, 0.15) is 10.1 Å². The van der Waals surface area contributed by atoms with Gasteiger partial charge in [-0.2, -0.15) is 0 Å². The van der Waals surface area contributed by atoms with Gasteiger partial charge in [0.25, 0.3) is 0 Å². The first-order valence-electron chi connectivity index (χ1n) is 3.41. The first-order valence-corrected chi connectivity index (χ1v) is 4.21. The molecule has 2 N–H and O–H groups in total. The van der Waals surface area contributed by atoms with Crippen LogP contribution in [0.5, 0.6) is 0 Å². The van der Waals surface area contributed by atoms with E-state index in [4.69, 9.17) is 5.41 Å². The molecule has 0 saturated carbocycles. The minimum atomic E-state index is 0.446. The van der Waals surface area contributed by atoms with E-state index < -0.39 is 0 Å². The maximum atomic E-state index is 7.49. The summed E-state index contributed by atoms with van der Waals surface area (Å²) in [5.41, 5.74) is 3.47. The second-order valence-electron chi connectivity index (χ2n) is 2.08. The Morgan fingerprint density at radius 3 is 2.91 bits per heavy atom. The molecule has 60 valence electrons. The van der Waals surface area contributed by atoms with Gasteiger partial charge in [-0.3, -0.25) is 5.41 Å². The third-order valence-electron chi connectivity index (χ3n) is 1.26. The van der Waals surface area contributed by atoms with Gasteiger partial charge < -0.3 is 5.43 Å². The summed E-state index contributed by atoms with van der Waals surface area (Å²) in [6, 6.07) is 5.45. The van der Waals surface area contributed by atoms with E-state index in [-0.39, 0.29) is 0 Å². The third-order valence-corrected chi connectivity index (χ3v) is 1.88. The number of rotatable bonds is 2. The molecule has 0 fully saturated rings. The predicted octanol–water partition coefficient (Wildman–Crippen LogP) is 1.29. The van der Waals surface area contributed by atoms with E-state index in [1.165, 1.54) is 0 Å². The van der Waals surface area contributed by atoms with Gasteiger partial charge in [0.05, 0.1) is 0 Å². The molecular formula is C7H10BrN3. The van der Waals surface area contributed by atoms with Gasteiger partial charge in [-0.15, -0.1) is 0 Å². The van der Waals surface area contributed by atoms with E-state index in [2.05, 4.69) is 21.4 Å². The van der Waals surface area contributed by atoms with Crippen LogP contribution in [0, 0.1) is 5.41 Å². The maximum absolute atomic E-state index is 7.49. The van der Waals surface area contributed by atoms with Gasteiger partial charge in [-0.1, -0.05) is 6.07 Å². The molecule has 4 heteroatoms. The molecule has 0 aliphatic carbocycles. The van der Waals surface area contributed by atoms with Gasteiger partial charge >= 0.3 is 0 Å². The first kappa shape index (κ1) is 8.33. The lowest BCUT2D eigenvalue weighted by molar-refractivity contribution is 0.771. The molecule has 0 radical (unpaired) electrons. The van der Waals surface area contributed by atoms with Crippen LogP contribution in [0.2, 0.25) is 0 Å². The topological polar surface area (TPSA) is 40.8 Å². The van der Waals surface area contributed by atoms with Crippen LogP contribution < -0.4 is 10.9 Å². The van der Waals surface area contributed by atoms with Crippen LogP contribution in [-0.4, -0.2) is 11.2 Å². The Morgan fingerprint density at radius 2 is 2.36 bits per heavy atom. The highest BCUT2D eigenvalue weighted by Gasteiger charge is 1.93. The molecule has 3 nitrogen and oxygen atoms in total. The van der Waals surface area contributed by atoms with Crippen molar-refractivity contribution in [2.24, 2.45) is 0 Å². The third kappa shape index (κ3) is 1.83. The smallest absolute Gasteiger partial charge is 0.144 e. The second kappa shape index (κ2) is 3.57. The summed E-state index contributed by atoms with van der Waals surface area (Å²) in [4.78, 5) is 0.